The summed E-state index contributed by atoms with van der Waals surface area (Å²) >= 11 is 0. The fourth-order valence-electron chi connectivity index (χ4n) is 2.65. The largest absolute Gasteiger partial charge is 0.426 e. The van der Waals surface area contributed by atoms with Gasteiger partial charge in [-0.15, -0.1) is 0 Å². The second-order valence-corrected chi connectivity index (χ2v) is 4.95. The molecule has 0 saturated heterocycles. The Bertz CT molecular complexity index is 262. The summed E-state index contributed by atoms with van der Waals surface area (Å²) in [5.41, 5.74) is -4.61. The summed E-state index contributed by atoms with van der Waals surface area (Å²) < 4.78 is 75.8. The van der Waals surface area contributed by atoms with E-state index in [1.54, 1.807) is 0 Å². The standard InChI is InChI=1S/C11H16F6O/c1-7(8-5-3-2-4-6-8)9(18,10(12,13)14)11(15,16)17/h7-8,18H,2-6H2,1H3. The lowest BCUT2D eigenvalue weighted by Crippen LogP contribution is -2.62. The van der Waals surface area contributed by atoms with Crippen molar-refractivity contribution in [3.05, 3.63) is 0 Å². The van der Waals surface area contributed by atoms with E-state index in [1.807, 2.05) is 0 Å². The van der Waals surface area contributed by atoms with Crippen molar-refractivity contribution in [2.45, 2.75) is 57.0 Å². The van der Waals surface area contributed by atoms with E-state index in [-0.39, 0.29) is 0 Å². The topological polar surface area (TPSA) is 20.2 Å². The van der Waals surface area contributed by atoms with Crippen LogP contribution in [-0.4, -0.2) is 23.1 Å². The zero-order valence-electron chi connectivity index (χ0n) is 9.91. The van der Waals surface area contributed by atoms with Crippen molar-refractivity contribution in [1.29, 1.82) is 0 Å². The summed E-state index contributed by atoms with van der Waals surface area (Å²) in [6.07, 6.45) is -8.77. The summed E-state index contributed by atoms with van der Waals surface area (Å²) in [5, 5.41) is 9.26. The molecule has 1 nitrogen and oxygen atoms in total. The van der Waals surface area contributed by atoms with Gasteiger partial charge in [0, 0.05) is 5.92 Å². The Hall–Kier alpha value is -0.460. The number of rotatable bonds is 2. The summed E-state index contributed by atoms with van der Waals surface area (Å²) in [6, 6.07) is 0. The van der Waals surface area contributed by atoms with Crippen LogP contribution in [0.5, 0.6) is 0 Å². The van der Waals surface area contributed by atoms with Gasteiger partial charge >= 0.3 is 12.4 Å². The van der Waals surface area contributed by atoms with Crippen LogP contribution in [0, 0.1) is 11.8 Å². The molecule has 18 heavy (non-hydrogen) atoms. The molecule has 7 heteroatoms. The van der Waals surface area contributed by atoms with Crippen molar-refractivity contribution in [2.75, 3.05) is 0 Å². The predicted octanol–water partition coefficient (Wildman–Crippen LogP) is 4.06. The highest BCUT2D eigenvalue weighted by Crippen LogP contribution is 2.51. The molecule has 0 radical (unpaired) electrons. The van der Waals surface area contributed by atoms with Crippen molar-refractivity contribution >= 4 is 0 Å². The molecule has 1 atom stereocenters. The van der Waals surface area contributed by atoms with Crippen LogP contribution in [0.25, 0.3) is 0 Å². The van der Waals surface area contributed by atoms with Crippen molar-refractivity contribution in [1.82, 2.24) is 0 Å². The maximum atomic E-state index is 12.6. The van der Waals surface area contributed by atoms with Crippen LogP contribution in [0.15, 0.2) is 0 Å². The molecular formula is C11H16F6O. The summed E-state index contributed by atoms with van der Waals surface area (Å²) in [4.78, 5) is 0. The number of aliphatic hydroxyl groups is 1. The molecule has 0 amide bonds. The third kappa shape index (κ3) is 2.60. The second-order valence-electron chi connectivity index (χ2n) is 4.95. The number of hydrogen-bond donors (Lipinski definition) is 1. The molecule has 0 bridgehead atoms. The second kappa shape index (κ2) is 4.90. The van der Waals surface area contributed by atoms with E-state index in [1.165, 1.54) is 0 Å². The first-order chi connectivity index (χ1) is 8.02. The Balaban J connectivity index is 3.03. The zero-order valence-corrected chi connectivity index (χ0v) is 9.91. The van der Waals surface area contributed by atoms with Gasteiger partial charge in [0.25, 0.3) is 5.60 Å². The van der Waals surface area contributed by atoms with Gasteiger partial charge in [0.2, 0.25) is 0 Å². The first kappa shape index (κ1) is 15.6. The first-order valence-corrected chi connectivity index (χ1v) is 5.87. The molecule has 1 aliphatic carbocycles. The molecule has 0 heterocycles. The van der Waals surface area contributed by atoms with E-state index < -0.39 is 29.8 Å². The van der Waals surface area contributed by atoms with Crippen molar-refractivity contribution in [2.24, 2.45) is 11.8 Å². The number of hydrogen-bond acceptors (Lipinski definition) is 1. The molecule has 1 saturated carbocycles. The van der Waals surface area contributed by atoms with E-state index >= 15 is 0 Å². The van der Waals surface area contributed by atoms with Crippen LogP contribution >= 0.6 is 0 Å². The lowest BCUT2D eigenvalue weighted by Gasteiger charge is -2.41. The maximum Gasteiger partial charge on any atom is 0.426 e. The average Bonchev–Trinajstić information content (AvgIpc) is 2.25. The van der Waals surface area contributed by atoms with E-state index in [0.717, 1.165) is 13.3 Å². The van der Waals surface area contributed by atoms with Crippen molar-refractivity contribution < 1.29 is 31.4 Å². The molecule has 1 fully saturated rings. The fourth-order valence-corrected chi connectivity index (χ4v) is 2.65. The summed E-state index contributed by atoms with van der Waals surface area (Å²) in [7, 11) is 0. The highest BCUT2D eigenvalue weighted by molar-refractivity contribution is 5.00. The summed E-state index contributed by atoms with van der Waals surface area (Å²) in [5.74, 6) is -2.62. The zero-order chi connectivity index (χ0) is 14.2. The van der Waals surface area contributed by atoms with Gasteiger partial charge in [-0.3, -0.25) is 0 Å². The van der Waals surface area contributed by atoms with Gasteiger partial charge in [-0.05, 0) is 5.92 Å². The van der Waals surface area contributed by atoms with Gasteiger partial charge in [-0.1, -0.05) is 39.0 Å². The Kier molecular flexibility index (Phi) is 4.25. The molecule has 0 spiro atoms. The predicted molar refractivity (Wildman–Crippen MR) is 52.8 cm³/mol. The lowest BCUT2D eigenvalue weighted by molar-refractivity contribution is -0.388. The Labute approximate surface area is 101 Å². The van der Waals surface area contributed by atoms with Gasteiger partial charge < -0.3 is 5.11 Å². The fraction of sp³-hybridized carbons (Fsp3) is 1.00. The lowest BCUT2D eigenvalue weighted by atomic mass is 9.72. The van der Waals surface area contributed by atoms with Crippen LogP contribution in [0.2, 0.25) is 0 Å². The molecular weight excluding hydrogens is 262 g/mol. The number of alkyl halides is 6. The van der Waals surface area contributed by atoms with Crippen LogP contribution in [-0.2, 0) is 0 Å². The van der Waals surface area contributed by atoms with Gasteiger partial charge in [0.1, 0.15) is 0 Å². The van der Waals surface area contributed by atoms with Gasteiger partial charge in [-0.2, -0.15) is 26.3 Å². The molecule has 1 rings (SSSR count). The molecule has 0 aliphatic heterocycles. The van der Waals surface area contributed by atoms with E-state index in [2.05, 4.69) is 0 Å². The Morgan fingerprint density at radius 3 is 1.61 bits per heavy atom. The summed E-state index contributed by atoms with van der Waals surface area (Å²) in [6.45, 7) is 0.844. The molecule has 0 aromatic carbocycles. The molecule has 0 aromatic heterocycles. The van der Waals surface area contributed by atoms with Crippen LogP contribution in [0.3, 0.4) is 0 Å². The van der Waals surface area contributed by atoms with E-state index in [0.29, 0.717) is 25.7 Å². The minimum atomic E-state index is -5.71. The van der Waals surface area contributed by atoms with Gasteiger partial charge in [0.15, 0.2) is 0 Å². The third-order valence-corrected chi connectivity index (χ3v) is 3.88. The maximum absolute atomic E-state index is 12.6. The normalized spacial score (nSPS) is 22.0. The van der Waals surface area contributed by atoms with Crippen LogP contribution < -0.4 is 0 Å². The van der Waals surface area contributed by atoms with Crippen molar-refractivity contribution in [3.8, 4) is 0 Å². The number of halogens is 6. The quantitative estimate of drug-likeness (QED) is 0.755. The molecule has 1 unspecified atom stereocenters. The highest BCUT2D eigenvalue weighted by Gasteiger charge is 2.73. The van der Waals surface area contributed by atoms with Gasteiger partial charge in [0.05, 0.1) is 0 Å². The third-order valence-electron chi connectivity index (χ3n) is 3.88. The monoisotopic (exact) mass is 278 g/mol. The first-order valence-electron chi connectivity index (χ1n) is 5.87. The molecule has 1 N–H and O–H groups in total. The molecule has 108 valence electrons. The highest BCUT2D eigenvalue weighted by atomic mass is 19.4. The molecule has 0 aromatic rings. The minimum Gasteiger partial charge on any atom is -0.373 e. The van der Waals surface area contributed by atoms with Crippen LogP contribution in [0.4, 0.5) is 26.3 Å². The van der Waals surface area contributed by atoms with Crippen LogP contribution in [0.1, 0.15) is 39.0 Å². The minimum absolute atomic E-state index is 0.301. The van der Waals surface area contributed by atoms with E-state index in [4.69, 9.17) is 0 Å². The Morgan fingerprint density at radius 2 is 1.28 bits per heavy atom. The van der Waals surface area contributed by atoms with E-state index in [9.17, 15) is 31.4 Å². The van der Waals surface area contributed by atoms with Crippen molar-refractivity contribution in [3.63, 3.8) is 0 Å². The Morgan fingerprint density at radius 1 is 0.889 bits per heavy atom. The average molecular weight is 278 g/mol. The molecule has 1 aliphatic rings. The van der Waals surface area contributed by atoms with Gasteiger partial charge in [-0.25, -0.2) is 0 Å². The SMILES string of the molecule is CC(C1CCCCC1)C(O)(C(F)(F)F)C(F)(F)F. The smallest absolute Gasteiger partial charge is 0.373 e.